The highest BCUT2D eigenvalue weighted by atomic mass is 32.2. The Morgan fingerprint density at radius 2 is 1.59 bits per heavy atom. The van der Waals surface area contributed by atoms with Gasteiger partial charge in [0.1, 0.15) is 6.10 Å². The topological polar surface area (TPSA) is 52.1 Å². The van der Waals surface area contributed by atoms with Crippen molar-refractivity contribution in [1.29, 1.82) is 0 Å². The summed E-state index contributed by atoms with van der Waals surface area (Å²) in [4.78, 5) is 4.40. The largest absolute Gasteiger partial charge is 0.381 e. The highest BCUT2D eigenvalue weighted by molar-refractivity contribution is 8.14. The third-order valence-corrected chi connectivity index (χ3v) is 6.74. The fraction of sp³-hybridized carbons (Fsp3) is 0.952. The molecule has 0 unspecified atom stereocenters. The van der Waals surface area contributed by atoms with E-state index in [-0.39, 0.29) is 18.2 Å². The van der Waals surface area contributed by atoms with Crippen LogP contribution < -0.4 is 5.32 Å². The zero-order valence-corrected chi connectivity index (χ0v) is 18.6. The molecule has 158 valence electrons. The molecule has 0 radical (unpaired) electrons. The molecule has 0 bridgehead atoms. The number of nitrogens with zero attached hydrogens (tertiary/aromatic N) is 1. The van der Waals surface area contributed by atoms with Crippen LogP contribution in [0.3, 0.4) is 0 Å². The first-order valence-electron chi connectivity index (χ1n) is 11.0. The minimum Gasteiger partial charge on any atom is -0.381 e. The van der Waals surface area contributed by atoms with Gasteiger partial charge >= 0.3 is 0 Å². The van der Waals surface area contributed by atoms with Gasteiger partial charge in [-0.25, -0.2) is 0 Å². The number of aliphatic imine (C=N–C) groups is 1. The highest BCUT2D eigenvalue weighted by Crippen LogP contribution is 2.40. The predicted octanol–water partition coefficient (Wildman–Crippen LogP) is 4.25. The van der Waals surface area contributed by atoms with Crippen LogP contribution in [0, 0.1) is 5.92 Å². The Balaban J connectivity index is 2.09. The third-order valence-electron chi connectivity index (χ3n) is 5.42. The molecule has 0 aromatic rings. The van der Waals surface area contributed by atoms with Gasteiger partial charge in [0.2, 0.25) is 0 Å². The van der Waals surface area contributed by atoms with Crippen LogP contribution in [0.15, 0.2) is 4.99 Å². The summed E-state index contributed by atoms with van der Waals surface area (Å²) in [6.45, 7) is 9.84. The SMILES string of the molecule is CCCCOC[C@H]1C[C@@H]2SC(=NC)N[C@@H]2[C@@H](OCCCC)[C@@H]1OCCCC. The van der Waals surface area contributed by atoms with E-state index in [2.05, 4.69) is 31.1 Å². The summed E-state index contributed by atoms with van der Waals surface area (Å²) in [5.41, 5.74) is 0. The maximum Gasteiger partial charge on any atom is 0.156 e. The van der Waals surface area contributed by atoms with Crippen molar-refractivity contribution in [1.82, 2.24) is 5.32 Å². The summed E-state index contributed by atoms with van der Waals surface area (Å²) in [6, 6.07) is 0.282. The summed E-state index contributed by atoms with van der Waals surface area (Å²) in [5.74, 6) is 0.386. The van der Waals surface area contributed by atoms with E-state index >= 15 is 0 Å². The van der Waals surface area contributed by atoms with Gasteiger partial charge < -0.3 is 19.5 Å². The van der Waals surface area contributed by atoms with E-state index in [0.29, 0.717) is 11.2 Å². The number of hydrogen-bond acceptors (Lipinski definition) is 5. The smallest absolute Gasteiger partial charge is 0.156 e. The fourth-order valence-corrected chi connectivity index (χ4v) is 5.11. The molecule has 1 aliphatic heterocycles. The number of unbranched alkanes of at least 4 members (excludes halogenated alkanes) is 3. The molecule has 2 fully saturated rings. The van der Waals surface area contributed by atoms with Gasteiger partial charge in [0.25, 0.3) is 0 Å². The standard InChI is InChI=1S/C21H40N2O3S/c1-5-8-11-24-15-16-14-17-18(23-21(22-4)27-17)20(26-13-10-7-3)19(16)25-12-9-6-2/h16-20H,5-15H2,1-4H3,(H,22,23)/t16-,17+,18+,19-,20-/m1/s1. The summed E-state index contributed by atoms with van der Waals surface area (Å²) < 4.78 is 18.9. The van der Waals surface area contributed by atoms with Gasteiger partial charge in [-0.1, -0.05) is 51.8 Å². The molecule has 1 saturated carbocycles. The second-order valence-corrected chi connectivity index (χ2v) is 8.89. The van der Waals surface area contributed by atoms with Gasteiger partial charge in [-0.15, -0.1) is 0 Å². The van der Waals surface area contributed by atoms with Crippen LogP contribution in [-0.4, -0.2) is 62.1 Å². The second kappa shape index (κ2) is 13.0. The lowest BCUT2D eigenvalue weighted by Crippen LogP contribution is -2.58. The predicted molar refractivity (Wildman–Crippen MR) is 115 cm³/mol. The van der Waals surface area contributed by atoms with Crippen LogP contribution in [-0.2, 0) is 14.2 Å². The lowest BCUT2D eigenvalue weighted by molar-refractivity contribution is -0.137. The van der Waals surface area contributed by atoms with Gasteiger partial charge in [-0.05, 0) is 25.7 Å². The maximum absolute atomic E-state index is 6.42. The molecular weight excluding hydrogens is 360 g/mol. The normalized spacial score (nSPS) is 31.9. The summed E-state index contributed by atoms with van der Waals surface area (Å²) in [6.07, 6.45) is 8.05. The molecule has 2 aliphatic rings. The lowest BCUT2D eigenvalue weighted by atomic mass is 9.81. The first-order valence-corrected chi connectivity index (χ1v) is 11.8. The monoisotopic (exact) mass is 400 g/mol. The van der Waals surface area contributed by atoms with Gasteiger partial charge in [0.05, 0.1) is 18.8 Å². The molecule has 0 amide bonds. The molecule has 6 heteroatoms. The fourth-order valence-electron chi connectivity index (χ4n) is 3.80. The van der Waals surface area contributed by atoms with Crippen LogP contribution in [0.25, 0.3) is 0 Å². The minimum absolute atomic E-state index is 0.0682. The highest BCUT2D eigenvalue weighted by Gasteiger charge is 2.50. The molecule has 5 nitrogen and oxygen atoms in total. The van der Waals surface area contributed by atoms with Crippen molar-refractivity contribution in [3.63, 3.8) is 0 Å². The third kappa shape index (κ3) is 6.91. The molecule has 0 spiro atoms. The van der Waals surface area contributed by atoms with E-state index in [0.717, 1.165) is 70.1 Å². The molecular formula is C21H40N2O3S. The zero-order valence-electron chi connectivity index (χ0n) is 17.7. The first-order chi connectivity index (χ1) is 13.2. The van der Waals surface area contributed by atoms with Gasteiger partial charge in [-0.2, -0.15) is 0 Å². The van der Waals surface area contributed by atoms with E-state index in [1.807, 2.05) is 18.8 Å². The molecule has 27 heavy (non-hydrogen) atoms. The minimum atomic E-state index is 0.0682. The molecule has 1 heterocycles. The Kier molecular flexibility index (Phi) is 11.1. The van der Waals surface area contributed by atoms with Crippen molar-refractivity contribution < 1.29 is 14.2 Å². The van der Waals surface area contributed by atoms with Crippen molar-refractivity contribution in [3.05, 3.63) is 0 Å². The average molecular weight is 401 g/mol. The number of rotatable bonds is 13. The number of nitrogens with one attached hydrogen (secondary N) is 1. The number of thioether (sulfide) groups is 1. The van der Waals surface area contributed by atoms with Crippen molar-refractivity contribution >= 4 is 16.9 Å². The van der Waals surface area contributed by atoms with Crippen LogP contribution in [0.2, 0.25) is 0 Å². The van der Waals surface area contributed by atoms with Crippen molar-refractivity contribution in [2.45, 2.75) is 89.2 Å². The molecule has 2 rings (SSSR count). The van der Waals surface area contributed by atoms with Crippen LogP contribution in [0.5, 0.6) is 0 Å². The number of fused-ring (bicyclic) bond motifs is 1. The van der Waals surface area contributed by atoms with Crippen molar-refractivity contribution in [2.75, 3.05) is 33.5 Å². The molecule has 1 N–H and O–H groups in total. The summed E-state index contributed by atoms with van der Waals surface area (Å²) in [7, 11) is 1.86. The van der Waals surface area contributed by atoms with Gasteiger partial charge in [-0.3, -0.25) is 4.99 Å². The van der Waals surface area contributed by atoms with Crippen molar-refractivity contribution in [2.24, 2.45) is 10.9 Å². The molecule has 5 atom stereocenters. The van der Waals surface area contributed by atoms with Gasteiger partial charge in [0.15, 0.2) is 5.17 Å². The Labute approximate surface area is 170 Å². The second-order valence-electron chi connectivity index (χ2n) is 7.66. The van der Waals surface area contributed by atoms with E-state index in [1.165, 1.54) is 6.42 Å². The first kappa shape index (κ1) is 23.0. The van der Waals surface area contributed by atoms with Gasteiger partial charge in [0, 0.05) is 38.0 Å². The van der Waals surface area contributed by atoms with E-state index in [1.54, 1.807) is 0 Å². The Morgan fingerprint density at radius 3 is 2.22 bits per heavy atom. The summed E-state index contributed by atoms with van der Waals surface area (Å²) in [5, 5.41) is 5.13. The molecule has 0 aromatic carbocycles. The Morgan fingerprint density at radius 1 is 0.963 bits per heavy atom. The maximum atomic E-state index is 6.42. The lowest BCUT2D eigenvalue weighted by Gasteiger charge is -2.43. The zero-order chi connectivity index (χ0) is 19.5. The summed E-state index contributed by atoms with van der Waals surface area (Å²) >= 11 is 1.86. The van der Waals surface area contributed by atoms with E-state index in [9.17, 15) is 0 Å². The molecule has 1 saturated heterocycles. The average Bonchev–Trinajstić information content (AvgIpc) is 3.10. The quantitative estimate of drug-likeness (QED) is 0.468. The number of amidine groups is 1. The molecule has 1 aliphatic carbocycles. The number of hydrogen-bond donors (Lipinski definition) is 1. The Bertz CT molecular complexity index is 436. The van der Waals surface area contributed by atoms with Crippen LogP contribution in [0.4, 0.5) is 0 Å². The van der Waals surface area contributed by atoms with Crippen LogP contribution in [0.1, 0.15) is 65.7 Å². The van der Waals surface area contributed by atoms with Crippen molar-refractivity contribution in [3.8, 4) is 0 Å². The van der Waals surface area contributed by atoms with E-state index in [4.69, 9.17) is 14.2 Å². The molecule has 0 aromatic heterocycles. The van der Waals surface area contributed by atoms with Crippen LogP contribution >= 0.6 is 11.8 Å². The Hall–Kier alpha value is -0.300. The van der Waals surface area contributed by atoms with E-state index < -0.39 is 0 Å². The number of ether oxygens (including phenoxy) is 3.